The Hall–Kier alpha value is -1.48. The van der Waals surface area contributed by atoms with Crippen molar-refractivity contribution in [2.45, 2.75) is 12.1 Å². The first-order valence-electron chi connectivity index (χ1n) is 5.71. The van der Waals surface area contributed by atoms with Crippen LogP contribution in [0, 0.1) is 11.3 Å². The van der Waals surface area contributed by atoms with Gasteiger partial charge in [-0.25, -0.2) is 0 Å². The van der Waals surface area contributed by atoms with Crippen molar-refractivity contribution in [1.82, 2.24) is 9.88 Å². The zero-order valence-electron chi connectivity index (χ0n) is 9.62. The van der Waals surface area contributed by atoms with Crippen LogP contribution < -0.4 is 5.73 Å². The average Bonchev–Trinajstić information content (AvgIpc) is 2.41. The van der Waals surface area contributed by atoms with Crippen LogP contribution in [0.1, 0.15) is 11.7 Å². The summed E-state index contributed by atoms with van der Waals surface area (Å²) < 4.78 is 5.32. The molecule has 0 saturated carbocycles. The van der Waals surface area contributed by atoms with Crippen molar-refractivity contribution >= 4 is 0 Å². The molecular weight excluding hydrogens is 216 g/mol. The molecule has 2 N–H and O–H groups in total. The predicted octanol–water partition coefficient (Wildman–Crippen LogP) is 0.306. The average molecular weight is 232 g/mol. The topological polar surface area (TPSA) is 75.2 Å². The molecule has 0 bridgehead atoms. The molecule has 2 rings (SSSR count). The quantitative estimate of drug-likeness (QED) is 0.811. The summed E-state index contributed by atoms with van der Waals surface area (Å²) in [6.07, 6.45) is 1.40. The second kappa shape index (κ2) is 5.73. The zero-order valence-corrected chi connectivity index (χ0v) is 9.62. The normalized spacial score (nSPS) is 22.9. The van der Waals surface area contributed by atoms with E-state index in [1.807, 2.05) is 18.2 Å². The fourth-order valence-electron chi connectivity index (χ4n) is 2.06. The van der Waals surface area contributed by atoms with Crippen molar-refractivity contribution in [3.63, 3.8) is 0 Å². The lowest BCUT2D eigenvalue weighted by molar-refractivity contribution is -0.0167. The van der Waals surface area contributed by atoms with Gasteiger partial charge >= 0.3 is 0 Å². The molecule has 5 nitrogen and oxygen atoms in total. The van der Waals surface area contributed by atoms with Crippen molar-refractivity contribution in [3.8, 4) is 6.07 Å². The number of aromatic nitrogens is 1. The lowest BCUT2D eigenvalue weighted by atomic mass is 10.1. The van der Waals surface area contributed by atoms with Gasteiger partial charge in [0.2, 0.25) is 0 Å². The molecule has 1 aliphatic heterocycles. The number of morpholine rings is 1. The lowest BCUT2D eigenvalue weighted by Gasteiger charge is -2.35. The summed E-state index contributed by atoms with van der Waals surface area (Å²) in [5.41, 5.74) is 6.77. The monoisotopic (exact) mass is 232 g/mol. The maximum atomic E-state index is 8.89. The molecule has 1 aliphatic rings. The molecule has 0 spiro atoms. The molecule has 2 unspecified atom stereocenters. The Morgan fingerprint density at radius 2 is 2.53 bits per heavy atom. The van der Waals surface area contributed by atoms with Crippen LogP contribution in [0.2, 0.25) is 0 Å². The van der Waals surface area contributed by atoms with Crippen molar-refractivity contribution in [2.24, 2.45) is 5.73 Å². The Morgan fingerprint density at radius 3 is 3.18 bits per heavy atom. The Balaban J connectivity index is 2.11. The van der Waals surface area contributed by atoms with Crippen LogP contribution in [0.15, 0.2) is 24.4 Å². The summed E-state index contributed by atoms with van der Waals surface area (Å²) in [4.78, 5) is 6.50. The third-order valence-corrected chi connectivity index (χ3v) is 2.94. The predicted molar refractivity (Wildman–Crippen MR) is 63.0 cm³/mol. The standard InChI is InChI=1S/C12H16N4O/c13-7-10-9-16(5-6-17-10)12(8-14)11-3-1-2-4-15-11/h1-4,10,12H,5-6,8-9,14H2. The molecule has 1 aromatic heterocycles. The number of nitrogens with two attached hydrogens (primary N) is 1. The van der Waals surface area contributed by atoms with Gasteiger partial charge in [0.05, 0.1) is 24.4 Å². The number of nitrogens with zero attached hydrogens (tertiary/aromatic N) is 3. The van der Waals surface area contributed by atoms with Crippen molar-refractivity contribution in [3.05, 3.63) is 30.1 Å². The Morgan fingerprint density at radius 1 is 1.65 bits per heavy atom. The van der Waals surface area contributed by atoms with Gasteiger partial charge in [-0.05, 0) is 12.1 Å². The lowest BCUT2D eigenvalue weighted by Crippen LogP contribution is -2.45. The summed E-state index contributed by atoms with van der Waals surface area (Å²) in [6.45, 7) is 2.45. The van der Waals surface area contributed by atoms with Crippen LogP contribution in [-0.4, -0.2) is 42.2 Å². The Kier molecular flexibility index (Phi) is 4.04. The van der Waals surface area contributed by atoms with Gasteiger partial charge in [-0.15, -0.1) is 0 Å². The molecule has 1 fully saturated rings. The van der Waals surface area contributed by atoms with E-state index in [0.29, 0.717) is 19.7 Å². The molecule has 0 aromatic carbocycles. The SMILES string of the molecule is N#CC1CN(C(CN)c2ccccn2)CCO1. The van der Waals surface area contributed by atoms with E-state index in [-0.39, 0.29) is 12.1 Å². The third-order valence-electron chi connectivity index (χ3n) is 2.94. The molecule has 2 heterocycles. The second-order valence-corrected chi connectivity index (χ2v) is 3.99. The van der Waals surface area contributed by atoms with Gasteiger partial charge in [-0.3, -0.25) is 9.88 Å². The number of pyridine rings is 1. The molecule has 1 aromatic rings. The first-order valence-corrected chi connectivity index (χ1v) is 5.71. The van der Waals surface area contributed by atoms with Gasteiger partial charge in [-0.1, -0.05) is 6.07 Å². The van der Waals surface area contributed by atoms with E-state index in [0.717, 1.165) is 12.2 Å². The van der Waals surface area contributed by atoms with E-state index in [1.54, 1.807) is 6.20 Å². The molecular formula is C12H16N4O. The minimum atomic E-state index is -0.360. The zero-order chi connectivity index (χ0) is 12.1. The summed E-state index contributed by atoms with van der Waals surface area (Å²) in [6, 6.07) is 8.01. The van der Waals surface area contributed by atoms with Gasteiger partial charge in [0.1, 0.15) is 0 Å². The van der Waals surface area contributed by atoms with E-state index in [4.69, 9.17) is 15.7 Å². The fraction of sp³-hybridized carbons (Fsp3) is 0.500. The smallest absolute Gasteiger partial charge is 0.156 e. The Labute approximate surface area is 101 Å². The molecule has 17 heavy (non-hydrogen) atoms. The second-order valence-electron chi connectivity index (χ2n) is 3.99. The highest BCUT2D eigenvalue weighted by Gasteiger charge is 2.27. The number of hydrogen-bond donors (Lipinski definition) is 1. The van der Waals surface area contributed by atoms with E-state index >= 15 is 0 Å². The molecule has 2 atom stereocenters. The number of ether oxygens (including phenoxy) is 1. The number of rotatable bonds is 3. The summed E-state index contributed by atoms with van der Waals surface area (Å²) in [5, 5.41) is 8.89. The molecule has 0 aliphatic carbocycles. The first kappa shape index (κ1) is 12.0. The van der Waals surface area contributed by atoms with Crippen LogP contribution in [0.4, 0.5) is 0 Å². The fourth-order valence-corrected chi connectivity index (χ4v) is 2.06. The van der Waals surface area contributed by atoms with Gasteiger partial charge in [0.15, 0.2) is 6.10 Å². The van der Waals surface area contributed by atoms with Crippen molar-refractivity contribution < 1.29 is 4.74 Å². The largest absolute Gasteiger partial charge is 0.361 e. The highest BCUT2D eigenvalue weighted by molar-refractivity contribution is 5.10. The van der Waals surface area contributed by atoms with E-state index in [1.165, 1.54) is 0 Å². The highest BCUT2D eigenvalue weighted by Crippen LogP contribution is 2.20. The molecule has 0 amide bonds. The minimum absolute atomic E-state index is 0.0657. The molecule has 0 radical (unpaired) electrons. The van der Waals surface area contributed by atoms with Crippen LogP contribution in [0.3, 0.4) is 0 Å². The van der Waals surface area contributed by atoms with Crippen LogP contribution in [-0.2, 0) is 4.74 Å². The highest BCUT2D eigenvalue weighted by atomic mass is 16.5. The van der Waals surface area contributed by atoms with Crippen LogP contribution >= 0.6 is 0 Å². The molecule has 5 heteroatoms. The maximum Gasteiger partial charge on any atom is 0.156 e. The van der Waals surface area contributed by atoms with E-state index < -0.39 is 0 Å². The minimum Gasteiger partial charge on any atom is -0.361 e. The van der Waals surface area contributed by atoms with Gasteiger partial charge < -0.3 is 10.5 Å². The number of hydrogen-bond acceptors (Lipinski definition) is 5. The maximum absolute atomic E-state index is 8.89. The molecule has 90 valence electrons. The summed E-state index contributed by atoms with van der Waals surface area (Å²) in [5.74, 6) is 0. The van der Waals surface area contributed by atoms with Crippen molar-refractivity contribution in [2.75, 3.05) is 26.2 Å². The van der Waals surface area contributed by atoms with Gasteiger partial charge in [0.25, 0.3) is 0 Å². The summed E-state index contributed by atoms with van der Waals surface area (Å²) >= 11 is 0. The third kappa shape index (κ3) is 2.80. The van der Waals surface area contributed by atoms with E-state index in [2.05, 4.69) is 16.0 Å². The molecule has 1 saturated heterocycles. The van der Waals surface area contributed by atoms with Crippen LogP contribution in [0.25, 0.3) is 0 Å². The Bertz CT molecular complexity index is 389. The van der Waals surface area contributed by atoms with Gasteiger partial charge in [-0.2, -0.15) is 5.26 Å². The van der Waals surface area contributed by atoms with Gasteiger partial charge in [0, 0.05) is 25.8 Å². The summed E-state index contributed by atoms with van der Waals surface area (Å²) in [7, 11) is 0. The van der Waals surface area contributed by atoms with Crippen molar-refractivity contribution in [1.29, 1.82) is 5.26 Å². The van der Waals surface area contributed by atoms with E-state index in [9.17, 15) is 0 Å². The van der Waals surface area contributed by atoms with Crippen LogP contribution in [0.5, 0.6) is 0 Å². The first-order chi connectivity index (χ1) is 8.35. The number of nitriles is 1.